The zero-order valence-corrected chi connectivity index (χ0v) is 11.8. The summed E-state index contributed by atoms with van der Waals surface area (Å²) in [5.41, 5.74) is 8.41. The number of nitrogens with one attached hydrogen (secondary N) is 1. The maximum absolute atomic E-state index is 5.87. The van der Waals surface area contributed by atoms with Gasteiger partial charge in [-0.15, -0.1) is 0 Å². The van der Waals surface area contributed by atoms with E-state index < -0.39 is 0 Å². The SMILES string of the molecule is CNc1c(N)cnc2c(Br)ccc(I)c12. The van der Waals surface area contributed by atoms with Gasteiger partial charge in [0.25, 0.3) is 0 Å². The second-order valence-corrected chi connectivity index (χ2v) is 5.11. The number of rotatable bonds is 1. The molecule has 2 aromatic rings. The van der Waals surface area contributed by atoms with Gasteiger partial charge in [0.1, 0.15) is 0 Å². The van der Waals surface area contributed by atoms with Crippen LogP contribution < -0.4 is 11.1 Å². The van der Waals surface area contributed by atoms with E-state index in [4.69, 9.17) is 5.73 Å². The van der Waals surface area contributed by atoms with Gasteiger partial charge in [-0.2, -0.15) is 0 Å². The third-order valence-corrected chi connectivity index (χ3v) is 3.74. The number of nitrogen functional groups attached to an aromatic ring is 1. The monoisotopic (exact) mass is 377 g/mol. The molecule has 2 rings (SSSR count). The molecule has 0 atom stereocenters. The highest BCUT2D eigenvalue weighted by molar-refractivity contribution is 14.1. The molecular formula is C10H9BrIN3. The number of nitrogens with two attached hydrogens (primary N) is 1. The Morgan fingerprint density at radius 3 is 2.87 bits per heavy atom. The molecule has 0 spiro atoms. The number of nitrogens with zero attached hydrogens (tertiary/aromatic N) is 1. The van der Waals surface area contributed by atoms with Crippen LogP contribution in [0.25, 0.3) is 10.9 Å². The summed E-state index contributed by atoms with van der Waals surface area (Å²) in [5.74, 6) is 0. The smallest absolute Gasteiger partial charge is 0.0877 e. The zero-order chi connectivity index (χ0) is 11.0. The fourth-order valence-corrected chi connectivity index (χ4v) is 2.66. The third-order valence-electron chi connectivity index (χ3n) is 2.20. The third kappa shape index (κ3) is 1.78. The summed E-state index contributed by atoms with van der Waals surface area (Å²) in [6.07, 6.45) is 1.68. The standard InChI is InChI=1S/C10H9BrIN3/c1-14-10-7(13)4-15-9-5(11)2-3-6(12)8(9)10/h2-4H,13H2,1H3,(H,14,15). The lowest BCUT2D eigenvalue weighted by molar-refractivity contribution is 1.38. The maximum atomic E-state index is 5.87. The summed E-state index contributed by atoms with van der Waals surface area (Å²) in [7, 11) is 1.86. The van der Waals surface area contributed by atoms with Gasteiger partial charge in [-0.1, -0.05) is 0 Å². The Kier molecular flexibility index (Phi) is 3.01. The molecule has 0 aliphatic rings. The maximum Gasteiger partial charge on any atom is 0.0877 e. The van der Waals surface area contributed by atoms with Crippen molar-refractivity contribution in [1.29, 1.82) is 0 Å². The molecule has 78 valence electrons. The van der Waals surface area contributed by atoms with Crippen LogP contribution in [0, 0.1) is 3.57 Å². The predicted molar refractivity (Wildman–Crippen MR) is 76.1 cm³/mol. The van der Waals surface area contributed by atoms with Crippen molar-refractivity contribution >= 4 is 60.8 Å². The van der Waals surface area contributed by atoms with Gasteiger partial charge in [0, 0.05) is 20.5 Å². The van der Waals surface area contributed by atoms with Crippen molar-refractivity contribution in [3.05, 3.63) is 26.4 Å². The van der Waals surface area contributed by atoms with Crippen molar-refractivity contribution in [1.82, 2.24) is 4.98 Å². The number of hydrogen-bond donors (Lipinski definition) is 2. The van der Waals surface area contributed by atoms with E-state index in [1.54, 1.807) is 6.20 Å². The molecule has 3 N–H and O–H groups in total. The normalized spacial score (nSPS) is 10.6. The molecule has 0 saturated heterocycles. The van der Waals surface area contributed by atoms with Crippen molar-refractivity contribution in [2.75, 3.05) is 18.1 Å². The van der Waals surface area contributed by atoms with Gasteiger partial charge in [0.15, 0.2) is 0 Å². The predicted octanol–water partition coefficient (Wildman–Crippen LogP) is 3.23. The van der Waals surface area contributed by atoms with Gasteiger partial charge in [0.2, 0.25) is 0 Å². The quantitative estimate of drug-likeness (QED) is 0.750. The summed E-state index contributed by atoms with van der Waals surface area (Å²) < 4.78 is 2.12. The molecule has 0 unspecified atom stereocenters. The number of fused-ring (bicyclic) bond motifs is 1. The highest BCUT2D eigenvalue weighted by Gasteiger charge is 2.10. The first-order valence-corrected chi connectivity index (χ1v) is 6.22. The first-order valence-electron chi connectivity index (χ1n) is 4.35. The van der Waals surface area contributed by atoms with Crippen LogP contribution in [0.15, 0.2) is 22.8 Å². The van der Waals surface area contributed by atoms with Crippen molar-refractivity contribution in [3.8, 4) is 0 Å². The molecule has 1 aromatic carbocycles. The second-order valence-electron chi connectivity index (χ2n) is 3.09. The van der Waals surface area contributed by atoms with Crippen LogP contribution in [0.3, 0.4) is 0 Å². The highest BCUT2D eigenvalue weighted by Crippen LogP contribution is 2.34. The van der Waals surface area contributed by atoms with Crippen LogP contribution in [-0.4, -0.2) is 12.0 Å². The number of aromatic nitrogens is 1. The van der Waals surface area contributed by atoms with Crippen LogP contribution in [0.4, 0.5) is 11.4 Å². The molecular weight excluding hydrogens is 369 g/mol. The van der Waals surface area contributed by atoms with Crippen LogP contribution in [0.5, 0.6) is 0 Å². The fraction of sp³-hybridized carbons (Fsp3) is 0.100. The number of pyridine rings is 1. The molecule has 0 saturated carbocycles. The second kappa shape index (κ2) is 4.13. The molecule has 0 aliphatic carbocycles. The van der Waals surface area contributed by atoms with Crippen molar-refractivity contribution < 1.29 is 0 Å². The van der Waals surface area contributed by atoms with Crippen LogP contribution in [0.1, 0.15) is 0 Å². The van der Waals surface area contributed by atoms with E-state index in [0.29, 0.717) is 5.69 Å². The van der Waals surface area contributed by atoms with E-state index in [9.17, 15) is 0 Å². The van der Waals surface area contributed by atoms with Crippen molar-refractivity contribution in [2.45, 2.75) is 0 Å². The summed E-state index contributed by atoms with van der Waals surface area (Å²) in [6.45, 7) is 0. The fourth-order valence-electron chi connectivity index (χ4n) is 1.52. The van der Waals surface area contributed by atoms with E-state index >= 15 is 0 Å². The Hall–Kier alpha value is -0.560. The average molecular weight is 378 g/mol. The lowest BCUT2D eigenvalue weighted by Gasteiger charge is -2.11. The number of anilines is 2. The molecule has 1 heterocycles. The van der Waals surface area contributed by atoms with Crippen LogP contribution >= 0.6 is 38.5 Å². The lowest BCUT2D eigenvalue weighted by atomic mass is 10.1. The van der Waals surface area contributed by atoms with Crippen LogP contribution in [0.2, 0.25) is 0 Å². The first kappa shape index (κ1) is 10.9. The van der Waals surface area contributed by atoms with E-state index in [-0.39, 0.29) is 0 Å². The molecule has 1 aromatic heterocycles. The highest BCUT2D eigenvalue weighted by atomic mass is 127. The molecule has 0 aliphatic heterocycles. The van der Waals surface area contributed by atoms with Gasteiger partial charge in [-0.05, 0) is 50.7 Å². The molecule has 3 nitrogen and oxygen atoms in total. The first-order chi connectivity index (χ1) is 7.15. The van der Waals surface area contributed by atoms with Gasteiger partial charge < -0.3 is 11.1 Å². The Balaban J connectivity index is 2.96. The van der Waals surface area contributed by atoms with Gasteiger partial charge in [-0.25, -0.2) is 0 Å². The molecule has 0 radical (unpaired) electrons. The molecule has 0 fully saturated rings. The summed E-state index contributed by atoms with van der Waals surface area (Å²) in [4.78, 5) is 4.33. The summed E-state index contributed by atoms with van der Waals surface area (Å²) in [5, 5.41) is 4.18. The molecule has 5 heteroatoms. The van der Waals surface area contributed by atoms with E-state index in [0.717, 1.165) is 24.6 Å². The topological polar surface area (TPSA) is 50.9 Å². The summed E-state index contributed by atoms with van der Waals surface area (Å²) in [6, 6.07) is 4.03. The Labute approximate surface area is 110 Å². The summed E-state index contributed by atoms with van der Waals surface area (Å²) >= 11 is 5.77. The Morgan fingerprint density at radius 2 is 2.20 bits per heavy atom. The Morgan fingerprint density at radius 1 is 1.47 bits per heavy atom. The average Bonchev–Trinajstić information content (AvgIpc) is 2.23. The van der Waals surface area contributed by atoms with Gasteiger partial charge in [-0.3, -0.25) is 4.98 Å². The number of halogens is 2. The number of hydrogen-bond acceptors (Lipinski definition) is 3. The van der Waals surface area contributed by atoms with Crippen molar-refractivity contribution in [3.63, 3.8) is 0 Å². The largest absolute Gasteiger partial charge is 0.396 e. The molecule has 0 bridgehead atoms. The molecule has 0 amide bonds. The number of benzene rings is 1. The minimum atomic E-state index is 0.668. The van der Waals surface area contributed by atoms with Crippen LogP contribution in [-0.2, 0) is 0 Å². The van der Waals surface area contributed by atoms with Crippen molar-refractivity contribution in [2.24, 2.45) is 0 Å². The lowest BCUT2D eigenvalue weighted by Crippen LogP contribution is -1.99. The van der Waals surface area contributed by atoms with Gasteiger partial charge in [0.05, 0.1) is 23.1 Å². The minimum Gasteiger partial charge on any atom is -0.396 e. The van der Waals surface area contributed by atoms with E-state index in [1.165, 1.54) is 0 Å². The van der Waals surface area contributed by atoms with E-state index in [2.05, 4.69) is 48.8 Å². The molecule has 15 heavy (non-hydrogen) atoms. The van der Waals surface area contributed by atoms with Gasteiger partial charge >= 0.3 is 0 Å². The minimum absolute atomic E-state index is 0.668. The Bertz CT molecular complexity index is 528. The zero-order valence-electron chi connectivity index (χ0n) is 8.01. The van der Waals surface area contributed by atoms with E-state index in [1.807, 2.05) is 19.2 Å².